The Morgan fingerprint density at radius 3 is 2.54 bits per heavy atom. The highest BCUT2D eigenvalue weighted by Crippen LogP contribution is 2.36. The van der Waals surface area contributed by atoms with E-state index in [-0.39, 0.29) is 10.9 Å². The van der Waals surface area contributed by atoms with E-state index in [1.54, 1.807) is 18.2 Å². The molecule has 0 fully saturated rings. The Hall–Kier alpha value is -1.73. The number of carbonyl (C=O) groups is 1. The van der Waals surface area contributed by atoms with Crippen LogP contribution in [0.4, 0.5) is 10.1 Å². The first-order chi connectivity index (χ1) is 11.4. The van der Waals surface area contributed by atoms with Gasteiger partial charge in [-0.25, -0.2) is 4.39 Å². The molecule has 8 heteroatoms. The standard InChI is InChI=1S/C16H9Cl2FN2OS2/c17-8-1-6-11-12(7-8)24-14(13(11)18)15(22)21-16(23)20-10-4-2-9(19)3-5-10/h1-7H,(H2,20,21,22,23). The summed E-state index contributed by atoms with van der Waals surface area (Å²) < 4.78 is 13.7. The van der Waals surface area contributed by atoms with E-state index in [0.29, 0.717) is 20.6 Å². The van der Waals surface area contributed by atoms with Gasteiger partial charge >= 0.3 is 0 Å². The fraction of sp³-hybridized carbons (Fsp3) is 0. The number of amides is 1. The molecule has 122 valence electrons. The number of nitrogens with one attached hydrogen (secondary N) is 2. The SMILES string of the molecule is O=C(NC(=S)Nc1ccc(F)cc1)c1sc2cc(Cl)ccc2c1Cl. The van der Waals surface area contributed by atoms with E-state index in [4.69, 9.17) is 35.4 Å². The van der Waals surface area contributed by atoms with Gasteiger partial charge in [0.15, 0.2) is 5.11 Å². The van der Waals surface area contributed by atoms with Gasteiger partial charge in [0.25, 0.3) is 5.91 Å². The van der Waals surface area contributed by atoms with Crippen LogP contribution in [-0.4, -0.2) is 11.0 Å². The first-order valence-corrected chi connectivity index (χ1v) is 8.67. The minimum absolute atomic E-state index is 0.0955. The van der Waals surface area contributed by atoms with E-state index < -0.39 is 5.91 Å². The van der Waals surface area contributed by atoms with Gasteiger partial charge in [0.1, 0.15) is 10.7 Å². The maximum Gasteiger partial charge on any atom is 0.269 e. The summed E-state index contributed by atoms with van der Waals surface area (Å²) in [6, 6.07) is 10.8. The van der Waals surface area contributed by atoms with E-state index in [1.807, 2.05) is 0 Å². The van der Waals surface area contributed by atoms with Crippen LogP contribution < -0.4 is 10.6 Å². The lowest BCUT2D eigenvalue weighted by molar-refractivity contribution is 0.0982. The highest BCUT2D eigenvalue weighted by atomic mass is 35.5. The van der Waals surface area contributed by atoms with Gasteiger partial charge in [-0.05, 0) is 48.6 Å². The molecule has 24 heavy (non-hydrogen) atoms. The highest BCUT2D eigenvalue weighted by molar-refractivity contribution is 7.80. The summed E-state index contributed by atoms with van der Waals surface area (Å²) in [6.07, 6.45) is 0. The Bertz CT molecular complexity index is 941. The van der Waals surface area contributed by atoms with Crippen molar-refractivity contribution in [3.05, 3.63) is 63.2 Å². The Morgan fingerprint density at radius 1 is 1.12 bits per heavy atom. The van der Waals surface area contributed by atoms with Crippen molar-refractivity contribution in [2.75, 3.05) is 5.32 Å². The van der Waals surface area contributed by atoms with Crippen molar-refractivity contribution in [1.29, 1.82) is 0 Å². The molecule has 0 aliphatic carbocycles. The molecular weight excluding hydrogens is 390 g/mol. The summed E-state index contributed by atoms with van der Waals surface area (Å²) in [6.45, 7) is 0. The first-order valence-electron chi connectivity index (χ1n) is 6.69. The second-order valence-corrected chi connectivity index (χ2v) is 7.08. The van der Waals surface area contributed by atoms with Gasteiger partial charge in [-0.3, -0.25) is 10.1 Å². The van der Waals surface area contributed by atoms with Crippen LogP contribution in [0.1, 0.15) is 9.67 Å². The third kappa shape index (κ3) is 3.67. The van der Waals surface area contributed by atoms with E-state index in [1.165, 1.54) is 35.6 Å². The van der Waals surface area contributed by atoms with Crippen molar-refractivity contribution in [3.8, 4) is 0 Å². The van der Waals surface area contributed by atoms with Gasteiger partial charge in [0.05, 0.1) is 5.02 Å². The summed E-state index contributed by atoms with van der Waals surface area (Å²) in [4.78, 5) is 12.7. The smallest absolute Gasteiger partial charge is 0.269 e. The zero-order valence-corrected chi connectivity index (χ0v) is 15.0. The highest BCUT2D eigenvalue weighted by Gasteiger charge is 2.18. The molecule has 0 spiro atoms. The quantitative estimate of drug-likeness (QED) is 0.561. The molecule has 0 atom stereocenters. The van der Waals surface area contributed by atoms with Crippen LogP contribution in [0.2, 0.25) is 10.0 Å². The number of thiocarbonyl (C=S) groups is 1. The van der Waals surface area contributed by atoms with Crippen LogP contribution in [0.25, 0.3) is 10.1 Å². The number of benzene rings is 2. The fourth-order valence-electron chi connectivity index (χ4n) is 2.04. The summed E-state index contributed by atoms with van der Waals surface area (Å²) in [5.41, 5.74) is 0.566. The summed E-state index contributed by atoms with van der Waals surface area (Å²) in [7, 11) is 0. The number of hydrogen-bond acceptors (Lipinski definition) is 3. The molecule has 3 rings (SSSR count). The molecule has 1 heterocycles. The second-order valence-electron chi connectivity index (χ2n) is 4.80. The Balaban J connectivity index is 1.76. The molecule has 2 aromatic carbocycles. The third-order valence-electron chi connectivity index (χ3n) is 3.13. The fourth-order valence-corrected chi connectivity index (χ4v) is 3.94. The zero-order valence-electron chi connectivity index (χ0n) is 11.9. The van der Waals surface area contributed by atoms with Crippen molar-refractivity contribution in [2.24, 2.45) is 0 Å². The van der Waals surface area contributed by atoms with Gasteiger partial charge in [-0.15, -0.1) is 11.3 Å². The number of anilines is 1. The molecule has 1 aromatic heterocycles. The lowest BCUT2D eigenvalue weighted by Crippen LogP contribution is -2.33. The normalized spacial score (nSPS) is 10.6. The van der Waals surface area contributed by atoms with Crippen molar-refractivity contribution in [1.82, 2.24) is 5.32 Å². The van der Waals surface area contributed by atoms with Crippen LogP contribution in [0.5, 0.6) is 0 Å². The van der Waals surface area contributed by atoms with Gasteiger partial charge in [-0.1, -0.05) is 29.3 Å². The number of carbonyl (C=O) groups excluding carboxylic acids is 1. The maximum absolute atomic E-state index is 12.9. The lowest BCUT2D eigenvalue weighted by atomic mass is 10.2. The van der Waals surface area contributed by atoms with Crippen LogP contribution in [0, 0.1) is 5.82 Å². The van der Waals surface area contributed by atoms with Crippen LogP contribution in [0.15, 0.2) is 42.5 Å². The van der Waals surface area contributed by atoms with Gasteiger partial charge in [0.2, 0.25) is 0 Å². The van der Waals surface area contributed by atoms with Crippen LogP contribution >= 0.6 is 46.8 Å². The predicted molar refractivity (Wildman–Crippen MR) is 102 cm³/mol. The van der Waals surface area contributed by atoms with Gasteiger partial charge < -0.3 is 5.32 Å². The van der Waals surface area contributed by atoms with E-state index in [9.17, 15) is 9.18 Å². The van der Waals surface area contributed by atoms with Gasteiger partial charge in [-0.2, -0.15) is 0 Å². The Morgan fingerprint density at radius 2 is 1.83 bits per heavy atom. The number of hydrogen-bond donors (Lipinski definition) is 2. The largest absolute Gasteiger partial charge is 0.332 e. The molecule has 0 aliphatic heterocycles. The summed E-state index contributed by atoms with van der Waals surface area (Å²) >= 11 is 18.5. The molecule has 1 amide bonds. The minimum Gasteiger partial charge on any atom is -0.332 e. The molecule has 0 aliphatic rings. The molecule has 2 N–H and O–H groups in total. The molecule has 0 unspecified atom stereocenters. The summed E-state index contributed by atoms with van der Waals surface area (Å²) in [5, 5.41) is 7.14. The molecule has 0 radical (unpaired) electrons. The predicted octanol–water partition coefficient (Wildman–Crippen LogP) is 5.47. The number of thiophene rings is 1. The van der Waals surface area contributed by atoms with Crippen molar-refractivity contribution < 1.29 is 9.18 Å². The zero-order chi connectivity index (χ0) is 17.3. The molecular formula is C16H9Cl2FN2OS2. The molecule has 0 saturated carbocycles. The van der Waals surface area contributed by atoms with Crippen molar-refractivity contribution in [3.63, 3.8) is 0 Å². The van der Waals surface area contributed by atoms with Crippen molar-refractivity contribution >= 4 is 73.5 Å². The lowest BCUT2D eigenvalue weighted by Gasteiger charge is -2.08. The first kappa shape index (κ1) is 17.1. The third-order valence-corrected chi connectivity index (χ3v) is 5.22. The van der Waals surface area contributed by atoms with E-state index in [2.05, 4.69) is 10.6 Å². The Labute approximate surface area is 156 Å². The molecule has 0 saturated heterocycles. The maximum atomic E-state index is 12.9. The van der Waals surface area contributed by atoms with E-state index >= 15 is 0 Å². The number of fused-ring (bicyclic) bond motifs is 1. The van der Waals surface area contributed by atoms with Crippen LogP contribution in [0.3, 0.4) is 0 Å². The monoisotopic (exact) mass is 398 g/mol. The topological polar surface area (TPSA) is 41.1 Å². The summed E-state index contributed by atoms with van der Waals surface area (Å²) in [5.74, 6) is -0.775. The minimum atomic E-state index is -0.420. The molecule has 3 aromatic rings. The number of halogens is 3. The van der Waals surface area contributed by atoms with Gasteiger partial charge in [0, 0.05) is 20.8 Å². The second kappa shape index (κ2) is 7.03. The van der Waals surface area contributed by atoms with Crippen molar-refractivity contribution in [2.45, 2.75) is 0 Å². The average Bonchev–Trinajstić information content (AvgIpc) is 2.86. The Kier molecular flexibility index (Phi) is 5.01. The average molecular weight is 399 g/mol. The molecule has 3 nitrogen and oxygen atoms in total. The number of rotatable bonds is 2. The van der Waals surface area contributed by atoms with E-state index in [0.717, 1.165) is 10.1 Å². The van der Waals surface area contributed by atoms with Crippen LogP contribution in [-0.2, 0) is 0 Å². The molecule has 0 bridgehead atoms.